The zero-order valence-corrected chi connectivity index (χ0v) is 8.36. The Hall–Kier alpha value is -0.900. The normalized spacial score (nSPS) is 20.5. The standard InChI is InChI=1S/C11H14O3/c1-11(2)13-10(14-11)9-5-3-8(7-12)4-6-9/h3-6,10,12H,7H2,1-2H3. The molecule has 1 aliphatic rings. The number of aliphatic hydroxyl groups excluding tert-OH is 1. The second-order valence-corrected chi connectivity index (χ2v) is 3.87. The van der Waals surface area contributed by atoms with Gasteiger partial charge in [0.15, 0.2) is 12.1 Å². The van der Waals surface area contributed by atoms with Gasteiger partial charge in [0.25, 0.3) is 0 Å². The maximum absolute atomic E-state index is 8.86. The topological polar surface area (TPSA) is 38.7 Å². The summed E-state index contributed by atoms with van der Waals surface area (Å²) in [6, 6.07) is 7.55. The molecule has 0 unspecified atom stereocenters. The van der Waals surface area contributed by atoms with Crippen molar-refractivity contribution in [1.82, 2.24) is 0 Å². The Balaban J connectivity index is 2.05. The highest BCUT2D eigenvalue weighted by Gasteiger charge is 2.39. The summed E-state index contributed by atoms with van der Waals surface area (Å²) < 4.78 is 11.0. The highest BCUT2D eigenvalue weighted by Crippen LogP contribution is 2.38. The fourth-order valence-electron chi connectivity index (χ4n) is 1.44. The van der Waals surface area contributed by atoms with Crippen molar-refractivity contribution in [2.75, 3.05) is 0 Å². The van der Waals surface area contributed by atoms with Crippen molar-refractivity contribution in [3.05, 3.63) is 35.4 Å². The minimum absolute atomic E-state index is 0.0676. The van der Waals surface area contributed by atoms with Gasteiger partial charge in [-0.15, -0.1) is 0 Å². The lowest BCUT2D eigenvalue weighted by atomic mass is 10.1. The smallest absolute Gasteiger partial charge is 0.190 e. The molecule has 0 aliphatic carbocycles. The van der Waals surface area contributed by atoms with Crippen LogP contribution in [0.3, 0.4) is 0 Å². The number of ether oxygens (including phenoxy) is 2. The average molecular weight is 194 g/mol. The van der Waals surface area contributed by atoms with Crippen LogP contribution in [0, 0.1) is 0 Å². The molecule has 0 atom stereocenters. The van der Waals surface area contributed by atoms with Crippen molar-refractivity contribution in [3.8, 4) is 0 Å². The van der Waals surface area contributed by atoms with Gasteiger partial charge in [-0.1, -0.05) is 24.3 Å². The number of hydrogen-bond donors (Lipinski definition) is 1. The van der Waals surface area contributed by atoms with Crippen LogP contribution in [0.4, 0.5) is 0 Å². The maximum atomic E-state index is 8.86. The van der Waals surface area contributed by atoms with Gasteiger partial charge in [0.05, 0.1) is 6.61 Å². The molecule has 0 aromatic heterocycles. The molecule has 1 aliphatic heterocycles. The predicted octanol–water partition coefficient (Wildman–Crippen LogP) is 1.96. The Morgan fingerprint density at radius 1 is 1.21 bits per heavy atom. The van der Waals surface area contributed by atoms with Gasteiger partial charge in [-0.2, -0.15) is 0 Å². The van der Waals surface area contributed by atoms with Crippen LogP contribution in [0.1, 0.15) is 31.3 Å². The van der Waals surface area contributed by atoms with E-state index >= 15 is 0 Å². The SMILES string of the molecule is CC1(C)OC(c2ccc(CO)cc2)O1. The third-order valence-electron chi connectivity index (χ3n) is 2.22. The molecular formula is C11H14O3. The summed E-state index contributed by atoms with van der Waals surface area (Å²) in [6.07, 6.45) is -0.252. The molecular weight excluding hydrogens is 180 g/mol. The third kappa shape index (κ3) is 1.80. The molecule has 2 rings (SSSR count). The molecule has 0 saturated carbocycles. The van der Waals surface area contributed by atoms with Crippen LogP contribution in [0.5, 0.6) is 0 Å². The van der Waals surface area contributed by atoms with Crippen LogP contribution in [0.2, 0.25) is 0 Å². The van der Waals surface area contributed by atoms with E-state index in [4.69, 9.17) is 14.6 Å². The van der Waals surface area contributed by atoms with Gasteiger partial charge in [0.1, 0.15) is 0 Å². The molecule has 1 saturated heterocycles. The Morgan fingerprint density at radius 2 is 1.79 bits per heavy atom. The van der Waals surface area contributed by atoms with E-state index in [0.717, 1.165) is 11.1 Å². The second kappa shape index (κ2) is 3.35. The molecule has 1 heterocycles. The largest absolute Gasteiger partial charge is 0.392 e. The van der Waals surface area contributed by atoms with Crippen LogP contribution >= 0.6 is 0 Å². The molecule has 1 aromatic carbocycles. The van der Waals surface area contributed by atoms with E-state index in [2.05, 4.69) is 0 Å². The van der Waals surface area contributed by atoms with E-state index in [1.807, 2.05) is 38.1 Å². The summed E-state index contributed by atoms with van der Waals surface area (Å²) in [5.74, 6) is -0.458. The van der Waals surface area contributed by atoms with Gasteiger partial charge in [0, 0.05) is 5.56 Å². The maximum Gasteiger partial charge on any atom is 0.190 e. The zero-order chi connectivity index (χ0) is 10.2. The van der Waals surface area contributed by atoms with Crippen LogP contribution in [-0.4, -0.2) is 10.9 Å². The quantitative estimate of drug-likeness (QED) is 0.782. The van der Waals surface area contributed by atoms with Crippen molar-refractivity contribution in [2.24, 2.45) is 0 Å². The van der Waals surface area contributed by atoms with Gasteiger partial charge in [-0.3, -0.25) is 0 Å². The van der Waals surface area contributed by atoms with E-state index in [1.165, 1.54) is 0 Å². The molecule has 3 nitrogen and oxygen atoms in total. The molecule has 0 bridgehead atoms. The molecule has 76 valence electrons. The summed E-state index contributed by atoms with van der Waals surface area (Å²) in [5.41, 5.74) is 1.88. The van der Waals surface area contributed by atoms with Gasteiger partial charge in [-0.05, 0) is 19.4 Å². The molecule has 0 spiro atoms. The highest BCUT2D eigenvalue weighted by atomic mass is 16.9. The van der Waals surface area contributed by atoms with E-state index in [1.54, 1.807) is 0 Å². The Labute approximate surface area is 83.3 Å². The number of rotatable bonds is 2. The predicted molar refractivity (Wildman–Crippen MR) is 51.4 cm³/mol. The Morgan fingerprint density at radius 3 is 2.21 bits per heavy atom. The first kappa shape index (κ1) is 9.65. The van der Waals surface area contributed by atoms with Crippen LogP contribution in [0.15, 0.2) is 24.3 Å². The van der Waals surface area contributed by atoms with Gasteiger partial charge in [-0.25, -0.2) is 0 Å². The molecule has 14 heavy (non-hydrogen) atoms. The van der Waals surface area contributed by atoms with Gasteiger partial charge < -0.3 is 14.6 Å². The van der Waals surface area contributed by atoms with Crippen LogP contribution in [-0.2, 0) is 16.1 Å². The lowest BCUT2D eigenvalue weighted by Gasteiger charge is -2.42. The van der Waals surface area contributed by atoms with Crippen LogP contribution < -0.4 is 0 Å². The van der Waals surface area contributed by atoms with Crippen molar-refractivity contribution >= 4 is 0 Å². The summed E-state index contributed by atoms with van der Waals surface area (Å²) in [7, 11) is 0. The van der Waals surface area contributed by atoms with Gasteiger partial charge >= 0.3 is 0 Å². The number of hydrogen-bond acceptors (Lipinski definition) is 3. The van der Waals surface area contributed by atoms with Crippen molar-refractivity contribution in [1.29, 1.82) is 0 Å². The molecule has 1 aromatic rings. The summed E-state index contributed by atoms with van der Waals surface area (Å²) in [5, 5.41) is 8.86. The highest BCUT2D eigenvalue weighted by molar-refractivity contribution is 5.23. The lowest BCUT2D eigenvalue weighted by Crippen LogP contribution is -2.43. The van der Waals surface area contributed by atoms with E-state index in [-0.39, 0.29) is 12.9 Å². The van der Waals surface area contributed by atoms with Crippen molar-refractivity contribution < 1.29 is 14.6 Å². The molecule has 0 radical (unpaired) electrons. The first-order valence-electron chi connectivity index (χ1n) is 4.66. The number of benzene rings is 1. The Kier molecular flexibility index (Phi) is 2.31. The van der Waals surface area contributed by atoms with Crippen LogP contribution in [0.25, 0.3) is 0 Å². The lowest BCUT2D eigenvalue weighted by molar-refractivity contribution is -0.443. The average Bonchev–Trinajstić information content (AvgIpc) is 2.14. The monoisotopic (exact) mass is 194 g/mol. The summed E-state index contributed by atoms with van der Waals surface area (Å²) >= 11 is 0. The fraction of sp³-hybridized carbons (Fsp3) is 0.455. The van der Waals surface area contributed by atoms with Gasteiger partial charge in [0.2, 0.25) is 0 Å². The van der Waals surface area contributed by atoms with Crippen molar-refractivity contribution in [2.45, 2.75) is 32.5 Å². The molecule has 0 amide bonds. The molecule has 1 N–H and O–H groups in total. The third-order valence-corrected chi connectivity index (χ3v) is 2.22. The van der Waals surface area contributed by atoms with Crippen molar-refractivity contribution in [3.63, 3.8) is 0 Å². The second-order valence-electron chi connectivity index (χ2n) is 3.87. The zero-order valence-electron chi connectivity index (χ0n) is 8.36. The van der Waals surface area contributed by atoms with E-state index in [0.29, 0.717) is 0 Å². The van der Waals surface area contributed by atoms with E-state index < -0.39 is 5.79 Å². The first-order chi connectivity index (χ1) is 6.61. The Bertz CT molecular complexity index is 308. The minimum atomic E-state index is -0.458. The van der Waals surface area contributed by atoms with E-state index in [9.17, 15) is 0 Å². The fourth-order valence-corrected chi connectivity index (χ4v) is 1.44. The summed E-state index contributed by atoms with van der Waals surface area (Å²) in [4.78, 5) is 0. The number of aliphatic hydroxyl groups is 1. The molecule has 3 heteroatoms. The summed E-state index contributed by atoms with van der Waals surface area (Å²) in [6.45, 7) is 3.83. The minimum Gasteiger partial charge on any atom is -0.392 e. The molecule has 1 fully saturated rings. The first-order valence-corrected chi connectivity index (χ1v) is 4.66.